The molecule has 1 unspecified atom stereocenters. The lowest BCUT2D eigenvalue weighted by atomic mass is 10.2. The third kappa shape index (κ3) is 2.83. The van der Waals surface area contributed by atoms with Crippen molar-refractivity contribution in [1.29, 1.82) is 0 Å². The molecule has 19 heavy (non-hydrogen) atoms. The van der Waals surface area contributed by atoms with Crippen molar-refractivity contribution in [3.8, 4) is 10.7 Å². The number of nitrogens with two attached hydrogens (primary N) is 1. The number of hydrogen-bond acceptors (Lipinski definition) is 5. The fraction of sp³-hybridized carbons (Fsp3) is 0.429. The Kier molecular flexibility index (Phi) is 3.87. The molecule has 3 heterocycles. The average molecular weight is 274 g/mol. The second-order valence-electron chi connectivity index (χ2n) is 4.86. The maximum Gasteiger partial charge on any atom is 0.142 e. The van der Waals surface area contributed by atoms with E-state index in [1.54, 1.807) is 17.5 Å². The maximum atomic E-state index is 5.80. The molecular weight excluding hydrogens is 256 g/mol. The van der Waals surface area contributed by atoms with Gasteiger partial charge < -0.3 is 5.73 Å². The Hall–Kier alpha value is -1.30. The molecule has 4 nitrogen and oxygen atoms in total. The summed E-state index contributed by atoms with van der Waals surface area (Å²) in [6.07, 6.45) is 4.27. The van der Waals surface area contributed by atoms with E-state index in [4.69, 9.17) is 5.73 Å². The molecule has 3 rings (SSSR count). The van der Waals surface area contributed by atoms with Crippen LogP contribution >= 0.6 is 11.3 Å². The molecule has 2 aromatic rings. The lowest BCUT2D eigenvalue weighted by Gasteiger charge is -2.21. The van der Waals surface area contributed by atoms with Crippen molar-refractivity contribution in [3.63, 3.8) is 0 Å². The van der Waals surface area contributed by atoms with Gasteiger partial charge in [0.2, 0.25) is 0 Å². The molecule has 5 heteroatoms. The van der Waals surface area contributed by atoms with Gasteiger partial charge >= 0.3 is 0 Å². The van der Waals surface area contributed by atoms with Gasteiger partial charge in [-0.2, -0.15) is 0 Å². The summed E-state index contributed by atoms with van der Waals surface area (Å²) in [7, 11) is 0. The molecule has 1 aliphatic rings. The number of hydrogen-bond donors (Lipinski definition) is 1. The van der Waals surface area contributed by atoms with Crippen molar-refractivity contribution in [2.45, 2.75) is 25.4 Å². The second-order valence-corrected chi connectivity index (χ2v) is 5.72. The first kappa shape index (κ1) is 12.7. The summed E-state index contributed by atoms with van der Waals surface area (Å²) in [5, 5.41) is 3.13. The van der Waals surface area contributed by atoms with Crippen molar-refractivity contribution >= 4 is 11.3 Å². The molecular formula is C14H18N4S. The fourth-order valence-corrected chi connectivity index (χ4v) is 3.35. The van der Waals surface area contributed by atoms with Crippen LogP contribution in [0.15, 0.2) is 29.8 Å². The Morgan fingerprint density at radius 2 is 2.37 bits per heavy atom. The predicted octanol–water partition coefficient (Wildman–Crippen LogP) is 2.13. The van der Waals surface area contributed by atoms with Crippen LogP contribution < -0.4 is 5.73 Å². The number of aromatic nitrogens is 2. The zero-order valence-corrected chi connectivity index (χ0v) is 11.6. The van der Waals surface area contributed by atoms with Gasteiger partial charge in [0.1, 0.15) is 5.01 Å². The molecule has 2 N–H and O–H groups in total. The summed E-state index contributed by atoms with van der Waals surface area (Å²) in [6, 6.07) is 6.45. The van der Waals surface area contributed by atoms with Crippen LogP contribution in [0.25, 0.3) is 10.7 Å². The van der Waals surface area contributed by atoms with E-state index in [2.05, 4.69) is 20.2 Å². The molecule has 0 radical (unpaired) electrons. The van der Waals surface area contributed by atoms with Gasteiger partial charge in [-0.1, -0.05) is 6.07 Å². The van der Waals surface area contributed by atoms with E-state index in [1.165, 1.54) is 12.8 Å². The summed E-state index contributed by atoms with van der Waals surface area (Å²) in [4.78, 5) is 11.5. The summed E-state index contributed by atoms with van der Waals surface area (Å²) in [5.74, 6) is 0. The zero-order valence-electron chi connectivity index (χ0n) is 10.8. The van der Waals surface area contributed by atoms with Gasteiger partial charge in [-0.25, -0.2) is 4.98 Å². The molecule has 0 bridgehead atoms. The van der Waals surface area contributed by atoms with Crippen molar-refractivity contribution in [2.24, 2.45) is 5.73 Å². The second kappa shape index (κ2) is 5.77. The Morgan fingerprint density at radius 3 is 3.16 bits per heavy atom. The van der Waals surface area contributed by atoms with Crippen molar-refractivity contribution < 1.29 is 0 Å². The fourth-order valence-electron chi connectivity index (χ4n) is 2.56. The lowest BCUT2D eigenvalue weighted by Crippen LogP contribution is -2.34. The van der Waals surface area contributed by atoms with Gasteiger partial charge in [-0.3, -0.25) is 9.88 Å². The topological polar surface area (TPSA) is 55.0 Å². The molecule has 1 saturated heterocycles. The van der Waals surface area contributed by atoms with Gasteiger partial charge in [0, 0.05) is 30.7 Å². The zero-order chi connectivity index (χ0) is 13.1. The van der Waals surface area contributed by atoms with E-state index in [0.29, 0.717) is 6.04 Å². The maximum absolute atomic E-state index is 5.80. The molecule has 0 aliphatic carbocycles. The minimum Gasteiger partial charge on any atom is -0.329 e. The third-order valence-electron chi connectivity index (χ3n) is 3.57. The van der Waals surface area contributed by atoms with E-state index < -0.39 is 0 Å². The van der Waals surface area contributed by atoms with E-state index in [-0.39, 0.29) is 0 Å². The highest BCUT2D eigenvalue weighted by Crippen LogP contribution is 2.24. The van der Waals surface area contributed by atoms with Crippen molar-refractivity contribution in [1.82, 2.24) is 14.9 Å². The first-order chi connectivity index (χ1) is 9.36. The van der Waals surface area contributed by atoms with E-state index in [0.717, 1.165) is 36.0 Å². The third-order valence-corrected chi connectivity index (χ3v) is 4.49. The van der Waals surface area contributed by atoms with Crippen LogP contribution in [0, 0.1) is 0 Å². The molecule has 0 saturated carbocycles. The van der Waals surface area contributed by atoms with Gasteiger partial charge in [-0.05, 0) is 31.5 Å². The van der Waals surface area contributed by atoms with E-state index in [9.17, 15) is 0 Å². The average Bonchev–Trinajstić information content (AvgIpc) is 3.09. The molecule has 0 spiro atoms. The quantitative estimate of drug-likeness (QED) is 0.928. The summed E-state index contributed by atoms with van der Waals surface area (Å²) < 4.78 is 0. The van der Waals surface area contributed by atoms with Gasteiger partial charge in [-0.15, -0.1) is 11.3 Å². The van der Waals surface area contributed by atoms with Crippen LogP contribution in [0.4, 0.5) is 0 Å². The molecule has 1 aliphatic heterocycles. The normalized spacial score (nSPS) is 19.9. The van der Waals surface area contributed by atoms with Gasteiger partial charge in [0.05, 0.1) is 11.4 Å². The van der Waals surface area contributed by atoms with Crippen LogP contribution in [0.5, 0.6) is 0 Å². The highest BCUT2D eigenvalue weighted by atomic mass is 32.1. The first-order valence-corrected chi connectivity index (χ1v) is 7.54. The summed E-state index contributed by atoms with van der Waals surface area (Å²) >= 11 is 1.66. The first-order valence-electron chi connectivity index (χ1n) is 6.67. The monoisotopic (exact) mass is 274 g/mol. The molecule has 2 aromatic heterocycles. The number of nitrogens with zero attached hydrogens (tertiary/aromatic N) is 3. The molecule has 0 aromatic carbocycles. The molecule has 100 valence electrons. The summed E-state index contributed by atoms with van der Waals surface area (Å²) in [6.45, 7) is 2.79. The standard InChI is InChI=1S/C14H18N4S/c15-8-12-4-3-7-18(12)9-11-10-19-14(17-11)13-5-1-2-6-16-13/h1-2,5-6,10,12H,3-4,7-9,15H2. The number of pyridine rings is 1. The van der Waals surface area contributed by atoms with Crippen LogP contribution in [-0.4, -0.2) is 34.0 Å². The SMILES string of the molecule is NCC1CCCN1Cc1csc(-c2ccccn2)n1. The highest BCUT2D eigenvalue weighted by molar-refractivity contribution is 7.13. The van der Waals surface area contributed by atoms with Gasteiger partial charge in [0.15, 0.2) is 0 Å². The van der Waals surface area contributed by atoms with Crippen LogP contribution in [0.1, 0.15) is 18.5 Å². The summed E-state index contributed by atoms with van der Waals surface area (Å²) in [5.41, 5.74) is 7.89. The minimum absolute atomic E-state index is 0.528. The smallest absolute Gasteiger partial charge is 0.142 e. The van der Waals surface area contributed by atoms with Crippen LogP contribution in [-0.2, 0) is 6.54 Å². The largest absolute Gasteiger partial charge is 0.329 e. The van der Waals surface area contributed by atoms with Crippen molar-refractivity contribution in [2.75, 3.05) is 13.1 Å². The molecule has 0 amide bonds. The highest BCUT2D eigenvalue weighted by Gasteiger charge is 2.23. The number of rotatable bonds is 4. The Balaban J connectivity index is 1.72. The van der Waals surface area contributed by atoms with Crippen LogP contribution in [0.2, 0.25) is 0 Å². The molecule has 1 fully saturated rings. The van der Waals surface area contributed by atoms with Gasteiger partial charge in [0.25, 0.3) is 0 Å². The molecule has 1 atom stereocenters. The van der Waals surface area contributed by atoms with E-state index in [1.807, 2.05) is 18.2 Å². The number of thiazole rings is 1. The van der Waals surface area contributed by atoms with Crippen LogP contribution in [0.3, 0.4) is 0 Å². The lowest BCUT2D eigenvalue weighted by molar-refractivity contribution is 0.248. The van der Waals surface area contributed by atoms with Crippen molar-refractivity contribution in [3.05, 3.63) is 35.5 Å². The van der Waals surface area contributed by atoms with E-state index >= 15 is 0 Å². The Morgan fingerprint density at radius 1 is 1.42 bits per heavy atom. The minimum atomic E-state index is 0.528. The Labute approximate surface area is 117 Å². The number of likely N-dealkylation sites (tertiary alicyclic amines) is 1. The predicted molar refractivity (Wildman–Crippen MR) is 77.8 cm³/mol. The Bertz CT molecular complexity index is 525.